The fourth-order valence-electron chi connectivity index (χ4n) is 3.15. The highest BCUT2D eigenvalue weighted by Gasteiger charge is 2.25. The average Bonchev–Trinajstić information content (AvgIpc) is 2.61. The van der Waals surface area contributed by atoms with Crippen molar-refractivity contribution in [2.45, 2.75) is 51.0 Å². The van der Waals surface area contributed by atoms with E-state index >= 15 is 0 Å². The lowest BCUT2D eigenvalue weighted by Gasteiger charge is -2.32. The Balaban J connectivity index is 1.52. The first kappa shape index (κ1) is 15.3. The van der Waals surface area contributed by atoms with E-state index in [0.29, 0.717) is 12.1 Å². The maximum absolute atomic E-state index is 6.21. The van der Waals surface area contributed by atoms with Crippen LogP contribution in [0.2, 0.25) is 0 Å². The molecule has 0 unspecified atom stereocenters. The van der Waals surface area contributed by atoms with Crippen molar-refractivity contribution in [1.82, 2.24) is 5.32 Å². The zero-order valence-electron chi connectivity index (χ0n) is 13.1. The first-order chi connectivity index (χ1) is 10.9. The molecule has 1 saturated carbocycles. The summed E-state index contributed by atoms with van der Waals surface area (Å²) < 4.78 is 6.21. The second-order valence-electron chi connectivity index (χ2n) is 6.09. The van der Waals surface area contributed by atoms with Crippen molar-refractivity contribution in [2.75, 3.05) is 0 Å². The summed E-state index contributed by atoms with van der Waals surface area (Å²) in [5.74, 6) is 0. The van der Waals surface area contributed by atoms with Crippen molar-refractivity contribution in [1.29, 1.82) is 0 Å². The van der Waals surface area contributed by atoms with Crippen molar-refractivity contribution < 1.29 is 4.74 Å². The highest BCUT2D eigenvalue weighted by atomic mass is 16.5. The Morgan fingerprint density at radius 2 is 1.45 bits per heavy atom. The number of benzene rings is 2. The molecule has 0 heterocycles. The molecule has 0 radical (unpaired) electrons. The van der Waals surface area contributed by atoms with Crippen molar-refractivity contribution in [3.05, 3.63) is 71.8 Å². The van der Waals surface area contributed by atoms with E-state index < -0.39 is 0 Å². The molecule has 3 rings (SSSR count). The molecule has 0 amide bonds. The fourth-order valence-corrected chi connectivity index (χ4v) is 3.15. The van der Waals surface area contributed by atoms with Gasteiger partial charge >= 0.3 is 0 Å². The van der Waals surface area contributed by atoms with Gasteiger partial charge in [0.05, 0.1) is 12.7 Å². The molecule has 2 aromatic carbocycles. The van der Waals surface area contributed by atoms with Crippen LogP contribution in [0.25, 0.3) is 0 Å². The van der Waals surface area contributed by atoms with Gasteiger partial charge in [0.2, 0.25) is 0 Å². The predicted octanol–water partition coefficient (Wildman–Crippen LogP) is 4.30. The summed E-state index contributed by atoms with van der Waals surface area (Å²) in [7, 11) is 0. The molecule has 22 heavy (non-hydrogen) atoms. The zero-order chi connectivity index (χ0) is 15.0. The minimum atomic E-state index is 0.331. The van der Waals surface area contributed by atoms with Crippen molar-refractivity contribution in [3.8, 4) is 0 Å². The third-order valence-corrected chi connectivity index (χ3v) is 4.42. The lowest BCUT2D eigenvalue weighted by atomic mass is 9.92. The van der Waals surface area contributed by atoms with Crippen LogP contribution in [0.3, 0.4) is 0 Å². The molecule has 1 aliphatic rings. The van der Waals surface area contributed by atoms with Gasteiger partial charge in [0.15, 0.2) is 0 Å². The van der Waals surface area contributed by atoms with Gasteiger partial charge in [-0.3, -0.25) is 0 Å². The highest BCUT2D eigenvalue weighted by Crippen LogP contribution is 2.22. The van der Waals surface area contributed by atoms with Gasteiger partial charge in [-0.25, -0.2) is 0 Å². The summed E-state index contributed by atoms with van der Waals surface area (Å²) in [6.45, 7) is 1.64. The van der Waals surface area contributed by atoms with Crippen LogP contribution in [0.5, 0.6) is 0 Å². The number of ether oxygens (including phenoxy) is 1. The van der Waals surface area contributed by atoms with Crippen molar-refractivity contribution >= 4 is 0 Å². The third kappa shape index (κ3) is 4.43. The third-order valence-electron chi connectivity index (χ3n) is 4.42. The Morgan fingerprint density at radius 3 is 2.18 bits per heavy atom. The topological polar surface area (TPSA) is 21.3 Å². The molecule has 0 saturated heterocycles. The van der Waals surface area contributed by atoms with Gasteiger partial charge in [-0.05, 0) is 24.0 Å². The van der Waals surface area contributed by atoms with Crippen LogP contribution in [-0.2, 0) is 17.9 Å². The second-order valence-corrected chi connectivity index (χ2v) is 6.09. The van der Waals surface area contributed by atoms with E-state index in [1.165, 1.54) is 36.8 Å². The molecule has 1 fully saturated rings. The zero-order valence-corrected chi connectivity index (χ0v) is 13.1. The van der Waals surface area contributed by atoms with Crippen LogP contribution in [0.15, 0.2) is 60.7 Å². The van der Waals surface area contributed by atoms with Crippen LogP contribution in [0.1, 0.15) is 36.8 Å². The molecule has 2 atom stereocenters. The van der Waals surface area contributed by atoms with Gasteiger partial charge in [0, 0.05) is 12.6 Å². The number of rotatable bonds is 6. The SMILES string of the molecule is c1ccc(CN[C@@H]2CCCC[C@H]2OCc2ccccc2)cc1. The quantitative estimate of drug-likeness (QED) is 0.857. The Labute approximate surface area is 133 Å². The Morgan fingerprint density at radius 1 is 0.818 bits per heavy atom. The summed E-state index contributed by atoms with van der Waals surface area (Å²) in [5.41, 5.74) is 2.60. The summed E-state index contributed by atoms with van der Waals surface area (Å²) in [5, 5.41) is 3.70. The summed E-state index contributed by atoms with van der Waals surface area (Å²) in [6.07, 6.45) is 5.30. The average molecular weight is 295 g/mol. The van der Waals surface area contributed by atoms with Gasteiger partial charge < -0.3 is 10.1 Å². The van der Waals surface area contributed by atoms with Crippen molar-refractivity contribution in [2.24, 2.45) is 0 Å². The number of hydrogen-bond acceptors (Lipinski definition) is 2. The number of nitrogens with one attached hydrogen (secondary N) is 1. The molecule has 2 nitrogen and oxygen atoms in total. The smallest absolute Gasteiger partial charge is 0.0732 e. The van der Waals surface area contributed by atoms with Crippen LogP contribution >= 0.6 is 0 Å². The van der Waals surface area contributed by atoms with E-state index in [4.69, 9.17) is 4.74 Å². The van der Waals surface area contributed by atoms with Crippen LogP contribution in [-0.4, -0.2) is 12.1 Å². The maximum atomic E-state index is 6.21. The molecular weight excluding hydrogens is 270 g/mol. The molecule has 0 aromatic heterocycles. The lowest BCUT2D eigenvalue weighted by molar-refractivity contribution is -0.00595. The standard InChI is InChI=1S/C20H25NO/c1-3-9-17(10-4-1)15-21-19-13-7-8-14-20(19)22-16-18-11-5-2-6-12-18/h1-6,9-12,19-21H,7-8,13-16H2/t19-,20-/m1/s1. The summed E-state index contributed by atoms with van der Waals surface area (Å²) in [6, 6.07) is 21.6. The normalized spacial score (nSPS) is 21.6. The summed E-state index contributed by atoms with van der Waals surface area (Å²) >= 11 is 0. The summed E-state index contributed by atoms with van der Waals surface area (Å²) in [4.78, 5) is 0. The fraction of sp³-hybridized carbons (Fsp3) is 0.400. The number of hydrogen-bond donors (Lipinski definition) is 1. The van der Waals surface area contributed by atoms with Crippen LogP contribution in [0.4, 0.5) is 0 Å². The predicted molar refractivity (Wildman–Crippen MR) is 90.6 cm³/mol. The van der Waals surface area contributed by atoms with Gasteiger partial charge in [0.1, 0.15) is 0 Å². The monoisotopic (exact) mass is 295 g/mol. The van der Waals surface area contributed by atoms with Gasteiger partial charge in [-0.2, -0.15) is 0 Å². The first-order valence-electron chi connectivity index (χ1n) is 8.34. The molecule has 2 aromatic rings. The molecule has 0 aliphatic heterocycles. The Bertz CT molecular complexity index is 489. The maximum Gasteiger partial charge on any atom is 0.0732 e. The molecule has 2 heteroatoms. The largest absolute Gasteiger partial charge is 0.372 e. The van der Waals surface area contributed by atoms with E-state index in [-0.39, 0.29) is 0 Å². The Hall–Kier alpha value is -1.64. The molecule has 1 aliphatic carbocycles. The van der Waals surface area contributed by atoms with Gasteiger partial charge in [-0.1, -0.05) is 73.5 Å². The van der Waals surface area contributed by atoms with Crippen molar-refractivity contribution in [3.63, 3.8) is 0 Å². The minimum absolute atomic E-state index is 0.331. The molecule has 1 N–H and O–H groups in total. The highest BCUT2D eigenvalue weighted by molar-refractivity contribution is 5.15. The lowest BCUT2D eigenvalue weighted by Crippen LogP contribution is -2.43. The van der Waals surface area contributed by atoms with Crippen LogP contribution < -0.4 is 5.32 Å². The molecule has 116 valence electrons. The molecule has 0 bridgehead atoms. The Kier molecular flexibility index (Phi) is 5.63. The first-order valence-corrected chi connectivity index (χ1v) is 8.34. The van der Waals surface area contributed by atoms with E-state index in [0.717, 1.165) is 13.2 Å². The van der Waals surface area contributed by atoms with E-state index in [1.807, 2.05) is 6.07 Å². The molecular formula is C20H25NO. The van der Waals surface area contributed by atoms with Crippen LogP contribution in [0, 0.1) is 0 Å². The van der Waals surface area contributed by atoms with E-state index in [9.17, 15) is 0 Å². The second kappa shape index (κ2) is 8.11. The van der Waals surface area contributed by atoms with Gasteiger partial charge in [0.25, 0.3) is 0 Å². The van der Waals surface area contributed by atoms with E-state index in [2.05, 4.69) is 59.9 Å². The van der Waals surface area contributed by atoms with E-state index in [1.54, 1.807) is 0 Å². The molecule has 0 spiro atoms. The minimum Gasteiger partial charge on any atom is -0.372 e. The van der Waals surface area contributed by atoms with Gasteiger partial charge in [-0.15, -0.1) is 0 Å².